The highest BCUT2D eigenvalue weighted by molar-refractivity contribution is 6.30. The van der Waals surface area contributed by atoms with Crippen LogP contribution in [-0.4, -0.2) is 162 Å². The molecule has 5 aromatic heterocycles. The van der Waals surface area contributed by atoms with E-state index in [1.807, 2.05) is 90.6 Å². The minimum absolute atomic E-state index is 0.0557. The van der Waals surface area contributed by atoms with Crippen molar-refractivity contribution in [1.29, 1.82) is 0 Å². The number of pyridine rings is 1. The number of piperidine rings is 1. The maximum atomic E-state index is 13.9. The first-order valence-corrected chi connectivity index (χ1v) is 24.6. The molecule has 20 nitrogen and oxygen atoms in total. The van der Waals surface area contributed by atoms with E-state index in [-0.39, 0.29) is 35.9 Å². The number of aryl methyl sites for hydroxylation is 1. The standard InChI is InChI=1S/C50H61ClN16O4/c1-62(2)29-30-71-43-6-4-3-5-36(43)31-66-34-57-41-11-12-42(58-47(41)66)48(69)54-19-13-38-32-67(61-60-38)22-16-44(68)64-27-25-63(26-28-64)21-15-40(35-7-9-37(51)10-8-35)59-49(70)50(52)17-23-65(24-18-50)46-39-14-20-53-45(39)55-33-56-46/h3-12,14,20,32-34,40H,13,15-19,21-31,52H2,1-2H3,(H,54,69)(H,59,70)(H,53,55,56)/t40-/m0/s1. The van der Waals surface area contributed by atoms with Crippen LogP contribution in [0.1, 0.15) is 59.0 Å². The van der Waals surface area contributed by atoms with Gasteiger partial charge in [-0.05, 0) is 75.3 Å². The van der Waals surface area contributed by atoms with E-state index in [1.54, 1.807) is 29.5 Å². The smallest absolute Gasteiger partial charge is 0.269 e. The van der Waals surface area contributed by atoms with E-state index in [9.17, 15) is 14.4 Å². The molecule has 2 aliphatic rings. The number of aromatic amines is 1. The van der Waals surface area contributed by atoms with Crippen molar-refractivity contribution in [2.45, 2.75) is 56.8 Å². The molecular formula is C50H61ClN16O4. The van der Waals surface area contributed by atoms with E-state index in [4.69, 9.17) is 22.1 Å². The molecule has 21 heteroatoms. The molecule has 71 heavy (non-hydrogen) atoms. The fraction of sp³-hybridized carbons (Fsp3) is 0.420. The van der Waals surface area contributed by atoms with Crippen molar-refractivity contribution in [2.24, 2.45) is 5.73 Å². The summed E-state index contributed by atoms with van der Waals surface area (Å²) in [6, 6.07) is 20.6. The second kappa shape index (κ2) is 22.4. The third kappa shape index (κ3) is 12.1. The topological polar surface area (TPSA) is 226 Å². The summed E-state index contributed by atoms with van der Waals surface area (Å²) in [4.78, 5) is 70.1. The number of nitrogens with zero attached hydrogens (tertiary/aromatic N) is 12. The van der Waals surface area contributed by atoms with Gasteiger partial charge in [-0.15, -0.1) is 5.10 Å². The Morgan fingerprint density at radius 1 is 0.944 bits per heavy atom. The van der Waals surface area contributed by atoms with Crippen LogP contribution in [0.5, 0.6) is 5.75 Å². The van der Waals surface area contributed by atoms with Gasteiger partial charge in [-0.25, -0.2) is 19.9 Å². The van der Waals surface area contributed by atoms with Crippen LogP contribution in [0.2, 0.25) is 5.02 Å². The van der Waals surface area contributed by atoms with Gasteiger partial charge in [0.25, 0.3) is 5.91 Å². The zero-order chi connectivity index (χ0) is 49.3. The molecule has 1 atom stereocenters. The van der Waals surface area contributed by atoms with Crippen LogP contribution in [0.3, 0.4) is 0 Å². The molecule has 2 aliphatic heterocycles. The second-order valence-electron chi connectivity index (χ2n) is 18.6. The molecule has 0 spiro atoms. The third-order valence-electron chi connectivity index (χ3n) is 13.4. The number of amides is 3. The lowest BCUT2D eigenvalue weighted by molar-refractivity contribution is -0.133. The normalized spacial score (nSPS) is 15.6. The fourth-order valence-corrected chi connectivity index (χ4v) is 9.24. The molecular weight excluding hydrogens is 924 g/mol. The van der Waals surface area contributed by atoms with Crippen molar-refractivity contribution in [1.82, 2.24) is 69.8 Å². The molecule has 0 bridgehead atoms. The van der Waals surface area contributed by atoms with E-state index >= 15 is 0 Å². The van der Waals surface area contributed by atoms with E-state index < -0.39 is 5.54 Å². The van der Waals surface area contributed by atoms with Crippen LogP contribution >= 0.6 is 11.6 Å². The number of carbonyl (C=O) groups is 3. The van der Waals surface area contributed by atoms with Crippen molar-refractivity contribution >= 4 is 57.3 Å². The molecule has 3 amide bonds. The highest BCUT2D eigenvalue weighted by Gasteiger charge is 2.39. The molecule has 0 radical (unpaired) electrons. The first-order chi connectivity index (χ1) is 34.5. The Labute approximate surface area is 416 Å². The fourth-order valence-electron chi connectivity index (χ4n) is 9.11. The van der Waals surface area contributed by atoms with Gasteiger partial charge in [0, 0.05) is 94.7 Å². The molecule has 2 aromatic carbocycles. The number of nitrogens with two attached hydrogens (primary N) is 1. The predicted octanol–water partition coefficient (Wildman–Crippen LogP) is 3.69. The molecule has 7 aromatic rings. The van der Waals surface area contributed by atoms with Gasteiger partial charge in [-0.2, -0.15) is 0 Å². The first kappa shape index (κ1) is 49.0. The van der Waals surface area contributed by atoms with Gasteiger partial charge in [0.2, 0.25) is 11.8 Å². The molecule has 0 unspecified atom stereocenters. The number of rotatable bonds is 20. The van der Waals surface area contributed by atoms with Crippen LogP contribution in [0, 0.1) is 0 Å². The molecule has 0 saturated carbocycles. The Hall–Kier alpha value is -7.00. The molecule has 9 rings (SSSR count). The first-order valence-electron chi connectivity index (χ1n) is 24.2. The summed E-state index contributed by atoms with van der Waals surface area (Å²) in [6.07, 6.45) is 9.32. The largest absolute Gasteiger partial charge is 0.492 e. The number of piperazine rings is 1. The highest BCUT2D eigenvalue weighted by Crippen LogP contribution is 2.30. The molecule has 2 saturated heterocycles. The second-order valence-corrected chi connectivity index (χ2v) is 19.0. The third-order valence-corrected chi connectivity index (χ3v) is 13.6. The molecule has 7 heterocycles. The number of hydrogen-bond donors (Lipinski definition) is 4. The quantitative estimate of drug-likeness (QED) is 0.0855. The summed E-state index contributed by atoms with van der Waals surface area (Å²) in [6.45, 7) is 7.14. The number of hydrogen-bond acceptors (Lipinski definition) is 14. The van der Waals surface area contributed by atoms with Gasteiger partial charge in [0.05, 0.1) is 42.1 Å². The summed E-state index contributed by atoms with van der Waals surface area (Å²) < 4.78 is 9.65. The number of ether oxygens (including phenoxy) is 1. The van der Waals surface area contributed by atoms with E-state index in [0.29, 0.717) is 100.0 Å². The minimum atomic E-state index is -1.03. The zero-order valence-electron chi connectivity index (χ0n) is 40.2. The van der Waals surface area contributed by atoms with Crippen LogP contribution in [-0.2, 0) is 29.1 Å². The molecule has 2 fully saturated rings. The van der Waals surface area contributed by atoms with Crippen LogP contribution < -0.4 is 26.0 Å². The summed E-state index contributed by atoms with van der Waals surface area (Å²) >= 11 is 6.25. The Bertz CT molecular complexity index is 2920. The Morgan fingerprint density at radius 2 is 1.75 bits per heavy atom. The van der Waals surface area contributed by atoms with Gasteiger partial charge in [0.1, 0.15) is 41.4 Å². The number of H-pyrrole nitrogens is 1. The Kier molecular flexibility index (Phi) is 15.5. The number of anilines is 1. The average Bonchev–Trinajstić information content (AvgIpc) is 4.16. The van der Waals surface area contributed by atoms with Gasteiger partial charge < -0.3 is 45.4 Å². The van der Waals surface area contributed by atoms with Crippen molar-refractivity contribution in [3.63, 3.8) is 0 Å². The van der Waals surface area contributed by atoms with Gasteiger partial charge in [-0.3, -0.25) is 24.0 Å². The molecule has 372 valence electrons. The van der Waals surface area contributed by atoms with Crippen LogP contribution in [0.15, 0.2) is 91.8 Å². The number of halogens is 1. The SMILES string of the molecule is CN(C)CCOc1ccccc1Cn1cnc2ccc(C(=O)NCCc3cn(CCC(=O)N4CCN(CC[C@H](NC(=O)C5(N)CCN(c6ncnc7[nH]ccc67)CC5)c5ccc(Cl)cc5)CC4)nn3)nc21. The Morgan fingerprint density at radius 3 is 2.55 bits per heavy atom. The number of benzene rings is 2. The van der Waals surface area contributed by atoms with Crippen molar-refractivity contribution in [3.8, 4) is 5.75 Å². The lowest BCUT2D eigenvalue weighted by atomic mass is 9.87. The van der Waals surface area contributed by atoms with Crippen molar-refractivity contribution in [2.75, 3.05) is 84.5 Å². The molecule has 0 aliphatic carbocycles. The number of imidazole rings is 1. The summed E-state index contributed by atoms with van der Waals surface area (Å²) in [5.41, 5.74) is 10.8. The number of nitrogens with one attached hydrogen (secondary N) is 3. The monoisotopic (exact) mass is 984 g/mol. The van der Waals surface area contributed by atoms with Gasteiger partial charge in [0.15, 0.2) is 5.65 Å². The van der Waals surface area contributed by atoms with Crippen molar-refractivity contribution < 1.29 is 19.1 Å². The van der Waals surface area contributed by atoms with Gasteiger partial charge in [-0.1, -0.05) is 47.1 Å². The van der Waals surface area contributed by atoms with E-state index in [0.717, 1.165) is 59.9 Å². The van der Waals surface area contributed by atoms with E-state index in [1.165, 1.54) is 0 Å². The summed E-state index contributed by atoms with van der Waals surface area (Å²) in [5.74, 6) is 1.22. The van der Waals surface area contributed by atoms with E-state index in [2.05, 4.69) is 60.6 Å². The number of likely N-dealkylation sites (N-methyl/N-ethyl adjacent to an activating group) is 1. The Balaban J connectivity index is 0.702. The number of carbonyl (C=O) groups excluding carboxylic acids is 3. The molecule has 5 N–H and O–H groups in total. The highest BCUT2D eigenvalue weighted by atomic mass is 35.5. The minimum Gasteiger partial charge on any atom is -0.492 e. The van der Waals surface area contributed by atoms with Crippen LogP contribution in [0.25, 0.3) is 22.2 Å². The number of fused-ring (bicyclic) bond motifs is 2. The average molecular weight is 986 g/mol. The summed E-state index contributed by atoms with van der Waals surface area (Å²) in [7, 11) is 4.02. The zero-order valence-corrected chi connectivity index (χ0v) is 41.0. The number of aromatic nitrogens is 9. The number of para-hydroxylation sites is 1. The van der Waals surface area contributed by atoms with Crippen LogP contribution in [0.4, 0.5) is 5.82 Å². The van der Waals surface area contributed by atoms with Gasteiger partial charge >= 0.3 is 0 Å². The lowest BCUT2D eigenvalue weighted by Crippen LogP contribution is -2.60. The lowest BCUT2D eigenvalue weighted by Gasteiger charge is -2.39. The maximum Gasteiger partial charge on any atom is 0.269 e. The predicted molar refractivity (Wildman–Crippen MR) is 270 cm³/mol. The maximum absolute atomic E-state index is 13.9. The summed E-state index contributed by atoms with van der Waals surface area (Å²) in [5, 5.41) is 16.3. The van der Waals surface area contributed by atoms with Crippen molar-refractivity contribution in [3.05, 3.63) is 119 Å².